The number of hydrogen-bond acceptors (Lipinski definition) is 6. The number of fused-ring (bicyclic) bond motifs is 1. The van der Waals surface area contributed by atoms with Crippen molar-refractivity contribution < 1.29 is 29.0 Å². The summed E-state index contributed by atoms with van der Waals surface area (Å²) in [6.07, 6.45) is 2.95. The first-order chi connectivity index (χ1) is 22.0. The number of amides is 3. The van der Waals surface area contributed by atoms with E-state index in [4.69, 9.17) is 21.1 Å². The summed E-state index contributed by atoms with van der Waals surface area (Å²) in [5, 5.41) is 11.1. The van der Waals surface area contributed by atoms with Gasteiger partial charge in [0.2, 0.25) is 11.8 Å². The van der Waals surface area contributed by atoms with E-state index in [0.717, 1.165) is 0 Å². The maximum Gasteiger partial charge on any atom is 0.253 e. The standard InChI is InChI=1S/C35H41BrClN3O6/c1-6-17-38(24-13-15-25(16-14-24)45-8-3)32(42)28-29-33(43)40(27(20-41)21(4)5)31(35(29)19-26(36)30(28)46-35)34(44)39(18-7-2)23-11-9-22(37)10-12-23/h6-7,9-16,21,26-31,41H,1-2,8,17-20H2,3-5H3/t26?,27-,28+,29-,30+,31?,35?/m0/s1. The zero-order valence-electron chi connectivity index (χ0n) is 26.4. The molecule has 9 nitrogen and oxygen atoms in total. The van der Waals surface area contributed by atoms with Crippen LogP contribution in [0, 0.1) is 17.8 Å². The van der Waals surface area contributed by atoms with Gasteiger partial charge in [0.15, 0.2) is 0 Å². The topological polar surface area (TPSA) is 99.6 Å². The Morgan fingerprint density at radius 3 is 2.17 bits per heavy atom. The van der Waals surface area contributed by atoms with Crippen molar-refractivity contribution in [2.75, 3.05) is 36.1 Å². The molecule has 3 fully saturated rings. The average molecular weight is 715 g/mol. The van der Waals surface area contributed by atoms with Gasteiger partial charge in [0.25, 0.3) is 5.91 Å². The largest absolute Gasteiger partial charge is 0.494 e. The predicted molar refractivity (Wildman–Crippen MR) is 182 cm³/mol. The van der Waals surface area contributed by atoms with Gasteiger partial charge in [-0.1, -0.05) is 53.5 Å². The number of anilines is 2. The van der Waals surface area contributed by atoms with Crippen LogP contribution in [0.4, 0.5) is 11.4 Å². The third-order valence-electron chi connectivity index (χ3n) is 9.31. The van der Waals surface area contributed by atoms with Crippen molar-refractivity contribution in [3.8, 4) is 5.75 Å². The second-order valence-electron chi connectivity index (χ2n) is 12.3. The van der Waals surface area contributed by atoms with Crippen LogP contribution in [0.25, 0.3) is 0 Å². The van der Waals surface area contributed by atoms with Gasteiger partial charge in [-0.15, -0.1) is 13.2 Å². The number of halogens is 2. The maximum atomic E-state index is 14.8. The molecule has 3 unspecified atom stereocenters. The van der Waals surface area contributed by atoms with E-state index < -0.39 is 35.6 Å². The number of aliphatic hydroxyl groups is 1. The number of carbonyl (C=O) groups excluding carboxylic acids is 3. The van der Waals surface area contributed by atoms with Gasteiger partial charge in [-0.05, 0) is 67.8 Å². The second-order valence-corrected chi connectivity index (χ2v) is 13.9. The van der Waals surface area contributed by atoms with E-state index in [0.29, 0.717) is 35.2 Å². The number of nitrogens with zero attached hydrogens (tertiary/aromatic N) is 3. The van der Waals surface area contributed by atoms with E-state index in [1.807, 2.05) is 20.8 Å². The van der Waals surface area contributed by atoms with Gasteiger partial charge in [0.1, 0.15) is 17.4 Å². The van der Waals surface area contributed by atoms with E-state index >= 15 is 0 Å². The molecule has 2 aromatic rings. The molecule has 1 spiro atoms. The third-order valence-corrected chi connectivity index (χ3v) is 10.4. The van der Waals surface area contributed by atoms with Gasteiger partial charge in [0.05, 0.1) is 37.2 Å². The monoisotopic (exact) mass is 713 g/mol. The minimum atomic E-state index is -1.31. The van der Waals surface area contributed by atoms with E-state index in [1.165, 1.54) is 4.90 Å². The van der Waals surface area contributed by atoms with Gasteiger partial charge in [-0.3, -0.25) is 14.4 Å². The Morgan fingerprint density at radius 1 is 1.09 bits per heavy atom. The number of ether oxygens (including phenoxy) is 2. The lowest BCUT2D eigenvalue weighted by Crippen LogP contribution is -2.60. The zero-order valence-corrected chi connectivity index (χ0v) is 28.7. The fourth-order valence-electron chi connectivity index (χ4n) is 7.35. The highest BCUT2D eigenvalue weighted by Gasteiger charge is 2.77. The van der Waals surface area contributed by atoms with Crippen LogP contribution in [0.2, 0.25) is 5.02 Å². The molecule has 11 heteroatoms. The first-order valence-corrected chi connectivity index (χ1v) is 16.9. The summed E-state index contributed by atoms with van der Waals surface area (Å²) in [7, 11) is 0. The van der Waals surface area contributed by atoms with Crippen molar-refractivity contribution >= 4 is 56.6 Å². The van der Waals surface area contributed by atoms with Crippen LogP contribution >= 0.6 is 27.5 Å². The Balaban J connectivity index is 1.60. The number of benzene rings is 2. The summed E-state index contributed by atoms with van der Waals surface area (Å²) in [6.45, 7) is 14.0. The summed E-state index contributed by atoms with van der Waals surface area (Å²) in [6, 6.07) is 12.3. The van der Waals surface area contributed by atoms with Gasteiger partial charge in [-0.2, -0.15) is 0 Å². The highest BCUT2D eigenvalue weighted by molar-refractivity contribution is 9.09. The summed E-state index contributed by atoms with van der Waals surface area (Å²) < 4.78 is 12.3. The fourth-order valence-corrected chi connectivity index (χ4v) is 8.42. The lowest BCUT2D eigenvalue weighted by atomic mass is 9.70. The molecule has 2 aromatic carbocycles. The first kappa shape index (κ1) is 34.2. The summed E-state index contributed by atoms with van der Waals surface area (Å²) >= 11 is 9.92. The number of likely N-dealkylation sites (tertiary alicyclic amines) is 1. The van der Waals surface area contributed by atoms with Crippen molar-refractivity contribution in [3.63, 3.8) is 0 Å². The molecule has 0 saturated carbocycles. The molecule has 3 aliphatic rings. The van der Waals surface area contributed by atoms with Crippen molar-refractivity contribution in [2.24, 2.45) is 17.8 Å². The van der Waals surface area contributed by atoms with Crippen molar-refractivity contribution in [1.29, 1.82) is 0 Å². The molecular formula is C35H41BrClN3O6. The van der Waals surface area contributed by atoms with Crippen LogP contribution in [0.5, 0.6) is 5.75 Å². The molecule has 0 aromatic heterocycles. The number of alkyl halides is 1. The summed E-state index contributed by atoms with van der Waals surface area (Å²) in [5.41, 5.74) is -0.100. The lowest BCUT2D eigenvalue weighted by Gasteiger charge is -2.40. The van der Waals surface area contributed by atoms with Gasteiger partial charge < -0.3 is 29.3 Å². The summed E-state index contributed by atoms with van der Waals surface area (Å²) in [5.74, 6) is -2.37. The van der Waals surface area contributed by atoms with Gasteiger partial charge in [0, 0.05) is 34.3 Å². The van der Waals surface area contributed by atoms with Crippen molar-refractivity contribution in [2.45, 2.75) is 55.8 Å². The molecule has 3 amide bonds. The highest BCUT2D eigenvalue weighted by atomic mass is 79.9. The normalized spacial score (nSPS) is 27.0. The van der Waals surface area contributed by atoms with Crippen LogP contribution in [0.1, 0.15) is 27.2 Å². The SMILES string of the molecule is C=CCN(C(=O)C1N([C@@H](CO)C(C)C)C(=O)[C@@H]2[C@@H](C(=O)N(CC=C)c3ccc(OCC)cc3)[C@@H]3OC12CC3Br)c1ccc(Cl)cc1. The molecular weight excluding hydrogens is 674 g/mol. The molecule has 0 radical (unpaired) electrons. The lowest BCUT2D eigenvalue weighted by molar-refractivity contribution is -0.145. The molecule has 1 N–H and O–H groups in total. The van der Waals surface area contributed by atoms with Crippen LogP contribution in [-0.4, -0.2) is 82.6 Å². The Labute approximate surface area is 283 Å². The van der Waals surface area contributed by atoms with E-state index in [9.17, 15) is 19.5 Å². The molecule has 3 heterocycles. The fraction of sp³-hybridized carbons (Fsp3) is 0.457. The summed E-state index contributed by atoms with van der Waals surface area (Å²) in [4.78, 5) is 48.5. The van der Waals surface area contributed by atoms with Gasteiger partial charge >= 0.3 is 0 Å². The average Bonchev–Trinajstić information content (AvgIpc) is 3.63. The van der Waals surface area contributed by atoms with Crippen molar-refractivity contribution in [1.82, 2.24) is 4.90 Å². The Kier molecular flexibility index (Phi) is 10.3. The zero-order chi connectivity index (χ0) is 33.3. The molecule has 2 bridgehead atoms. The molecule has 246 valence electrons. The minimum absolute atomic E-state index is 0.166. The van der Waals surface area contributed by atoms with E-state index in [1.54, 1.807) is 70.5 Å². The molecule has 3 aliphatic heterocycles. The third kappa shape index (κ3) is 5.78. The molecule has 3 saturated heterocycles. The number of hydrogen-bond donors (Lipinski definition) is 1. The minimum Gasteiger partial charge on any atom is -0.494 e. The Bertz CT molecular complexity index is 1470. The quantitative estimate of drug-likeness (QED) is 0.225. The second kappa shape index (κ2) is 13.9. The first-order valence-electron chi connectivity index (χ1n) is 15.6. The van der Waals surface area contributed by atoms with Gasteiger partial charge in [-0.25, -0.2) is 0 Å². The molecule has 0 aliphatic carbocycles. The Morgan fingerprint density at radius 2 is 1.65 bits per heavy atom. The molecule has 46 heavy (non-hydrogen) atoms. The smallest absolute Gasteiger partial charge is 0.253 e. The van der Waals surface area contributed by atoms with Crippen LogP contribution < -0.4 is 14.5 Å². The predicted octanol–water partition coefficient (Wildman–Crippen LogP) is 5.24. The number of rotatable bonds is 13. The maximum absolute atomic E-state index is 14.8. The van der Waals surface area contributed by atoms with Crippen LogP contribution in [-0.2, 0) is 19.1 Å². The molecule has 5 rings (SSSR count). The van der Waals surface area contributed by atoms with E-state index in [-0.39, 0.29) is 48.2 Å². The van der Waals surface area contributed by atoms with Crippen LogP contribution in [0.3, 0.4) is 0 Å². The molecule has 7 atom stereocenters. The number of aliphatic hydroxyl groups excluding tert-OH is 1. The van der Waals surface area contributed by atoms with Crippen LogP contribution in [0.15, 0.2) is 73.8 Å². The Hall–Kier alpha value is -3.18. The number of carbonyl (C=O) groups is 3. The van der Waals surface area contributed by atoms with Crippen molar-refractivity contribution in [3.05, 3.63) is 78.9 Å². The van der Waals surface area contributed by atoms with E-state index in [2.05, 4.69) is 29.1 Å². The highest BCUT2D eigenvalue weighted by Crippen LogP contribution is 2.61.